The molecule has 10 amide bonds. The minimum Gasteiger partial charge on any atom is -0.481 e. The number of nitrogens with one attached hydrogen (secondary N) is 9. The molecule has 0 saturated heterocycles. The molecule has 0 heterocycles. The van der Waals surface area contributed by atoms with E-state index in [1.807, 2.05) is 0 Å². The van der Waals surface area contributed by atoms with Crippen molar-refractivity contribution in [2.75, 3.05) is 6.54 Å². The number of amides is 10. The quantitative estimate of drug-likeness (QED) is 0.0297. The number of ether oxygens (including phenoxy) is 1. The third-order valence-corrected chi connectivity index (χ3v) is 11.8. The first-order chi connectivity index (χ1) is 36.5. The molecule has 0 bridgehead atoms. The van der Waals surface area contributed by atoms with Gasteiger partial charge in [0.1, 0.15) is 54.1 Å². The Morgan fingerprint density at radius 2 is 1.03 bits per heavy atom. The number of aliphatic carboxylic acids is 2. The van der Waals surface area contributed by atoms with E-state index in [1.54, 1.807) is 84.0 Å². The van der Waals surface area contributed by atoms with Gasteiger partial charge in [0, 0.05) is 26.7 Å². The summed E-state index contributed by atoms with van der Waals surface area (Å²) < 4.78 is 5.03. The number of carbonyl (C=O) groups is 13. The molecule has 0 unspecified atom stereocenters. The second-order valence-electron chi connectivity index (χ2n) is 19.5. The van der Waals surface area contributed by atoms with Gasteiger partial charge in [-0.15, -0.1) is 0 Å². The molecule has 0 aromatic heterocycles. The van der Waals surface area contributed by atoms with Gasteiger partial charge >= 0.3 is 17.9 Å². The van der Waals surface area contributed by atoms with Crippen molar-refractivity contribution in [3.8, 4) is 5.75 Å². The fourth-order valence-electron chi connectivity index (χ4n) is 7.58. The van der Waals surface area contributed by atoms with E-state index in [1.165, 1.54) is 32.9 Å². The lowest BCUT2D eigenvalue weighted by atomic mass is 9.95. The van der Waals surface area contributed by atoms with Gasteiger partial charge in [0.15, 0.2) is 0 Å². The summed E-state index contributed by atoms with van der Waals surface area (Å²) in [5, 5.41) is 41.1. The van der Waals surface area contributed by atoms with Crippen molar-refractivity contribution in [3.05, 3.63) is 65.7 Å². The second kappa shape index (κ2) is 32.2. The molecule has 78 heavy (non-hydrogen) atoms. The number of esters is 1. The van der Waals surface area contributed by atoms with Crippen LogP contribution in [0.4, 0.5) is 0 Å². The van der Waals surface area contributed by atoms with Gasteiger partial charge in [-0.3, -0.25) is 57.5 Å². The molecular formula is C52H74N10O16. The molecule has 0 fully saturated rings. The molecule has 0 radical (unpaired) electrons. The summed E-state index contributed by atoms with van der Waals surface area (Å²) >= 11 is 0. The zero-order chi connectivity index (χ0) is 59.0. The lowest BCUT2D eigenvalue weighted by Gasteiger charge is -2.30. The van der Waals surface area contributed by atoms with Crippen molar-refractivity contribution in [3.63, 3.8) is 0 Å². The average Bonchev–Trinajstić information content (AvgIpc) is 3.34. The van der Waals surface area contributed by atoms with Gasteiger partial charge in [-0.2, -0.15) is 0 Å². The molecule has 2 aromatic carbocycles. The number of rotatable bonds is 32. The molecule has 2 aromatic rings. The number of carboxylic acid groups (broad SMARTS) is 2. The van der Waals surface area contributed by atoms with Crippen LogP contribution in [-0.2, 0) is 75.2 Å². The highest BCUT2D eigenvalue weighted by atomic mass is 16.5. The van der Waals surface area contributed by atoms with Crippen LogP contribution in [0.25, 0.3) is 0 Å². The number of hydrogen-bond donors (Lipinski definition) is 12. The van der Waals surface area contributed by atoms with Gasteiger partial charge in [0.2, 0.25) is 59.1 Å². The zero-order valence-corrected chi connectivity index (χ0v) is 45.2. The van der Waals surface area contributed by atoms with Gasteiger partial charge in [0.05, 0.1) is 19.4 Å². The Morgan fingerprint density at radius 1 is 0.538 bits per heavy atom. The van der Waals surface area contributed by atoms with Gasteiger partial charge in [-0.1, -0.05) is 90.4 Å². The van der Waals surface area contributed by atoms with Gasteiger partial charge < -0.3 is 68.5 Å². The Kier molecular flexibility index (Phi) is 27.1. The smallest absolute Gasteiger partial charge is 0.326 e. The molecule has 428 valence electrons. The molecular weight excluding hydrogens is 1020 g/mol. The zero-order valence-electron chi connectivity index (χ0n) is 45.2. The van der Waals surface area contributed by atoms with Crippen LogP contribution >= 0.6 is 0 Å². The maximum Gasteiger partial charge on any atom is 0.326 e. The number of benzene rings is 2. The Bertz CT molecular complexity index is 2470. The van der Waals surface area contributed by atoms with E-state index in [2.05, 4.69) is 47.9 Å². The maximum atomic E-state index is 14.1. The first-order valence-corrected chi connectivity index (χ1v) is 25.2. The summed E-state index contributed by atoms with van der Waals surface area (Å²) in [7, 11) is 0. The summed E-state index contributed by atoms with van der Waals surface area (Å²) in [5.74, 6) is -13.9. The van der Waals surface area contributed by atoms with Gasteiger partial charge in [-0.25, -0.2) is 4.79 Å². The number of nitrogens with two attached hydrogens (primary N) is 1. The Hall–Kier alpha value is -8.45. The van der Waals surface area contributed by atoms with Crippen LogP contribution < -0.4 is 58.3 Å². The lowest BCUT2D eigenvalue weighted by Crippen LogP contribution is -2.62. The van der Waals surface area contributed by atoms with Crippen molar-refractivity contribution in [2.45, 2.75) is 149 Å². The predicted molar refractivity (Wildman–Crippen MR) is 279 cm³/mol. The highest BCUT2D eigenvalue weighted by Gasteiger charge is 2.37. The van der Waals surface area contributed by atoms with Crippen molar-refractivity contribution in [1.82, 2.24) is 47.9 Å². The van der Waals surface area contributed by atoms with Crippen LogP contribution in [0.15, 0.2) is 54.6 Å². The van der Waals surface area contributed by atoms with E-state index in [4.69, 9.17) is 10.5 Å². The molecule has 9 atom stereocenters. The largest absolute Gasteiger partial charge is 0.481 e. The number of carboxylic acids is 2. The van der Waals surface area contributed by atoms with E-state index in [0.717, 1.165) is 0 Å². The molecule has 13 N–H and O–H groups in total. The maximum absolute atomic E-state index is 14.1. The van der Waals surface area contributed by atoms with Crippen LogP contribution in [0, 0.1) is 17.8 Å². The third-order valence-electron chi connectivity index (χ3n) is 11.8. The van der Waals surface area contributed by atoms with Crippen LogP contribution in [0.2, 0.25) is 0 Å². The molecule has 26 heteroatoms. The second-order valence-corrected chi connectivity index (χ2v) is 19.5. The normalized spacial score (nSPS) is 14.4. The third kappa shape index (κ3) is 23.6. The highest BCUT2D eigenvalue weighted by Crippen LogP contribution is 2.16. The summed E-state index contributed by atoms with van der Waals surface area (Å²) in [5.41, 5.74) is 6.58. The minimum atomic E-state index is -1.87. The Labute approximate surface area is 451 Å². The van der Waals surface area contributed by atoms with Crippen LogP contribution in [0.1, 0.15) is 99.1 Å². The van der Waals surface area contributed by atoms with Crippen LogP contribution in [0.3, 0.4) is 0 Å². The standard InChI is InChI=1S/C52H74N10O16/c1-10-28(6)44(51(75)59-37(23-40(53)65)47(71)58-38(24-42(67)68)48(72)60-39(52(76)77)20-26(2)3)62-50(74)43(27(4)5)61-49(73)36(21-32-14-12-11-13-15-32)57-41(66)25-54-45(69)29(7)55-46(70)35(56-30(8)63)22-33-16-18-34(19-17-33)78-31(9)64/h11-19,26-29,35-39,43-44H,10,20-25H2,1-9H3,(H2,53,65)(H,54,69)(H,55,70)(H,56,63)(H,57,66)(H,58,71)(H,59,75)(H,60,72)(H,61,73)(H,62,74)(H,67,68)(H,76,77)/t28-,29-,35-,36-,37-,38-,39-,43-,44-/m0/s1. The van der Waals surface area contributed by atoms with E-state index in [-0.39, 0.29) is 37.4 Å². The van der Waals surface area contributed by atoms with E-state index >= 15 is 0 Å². The first kappa shape index (κ1) is 65.7. The molecule has 0 aliphatic carbocycles. The Balaban J connectivity index is 2.27. The number of hydrogen-bond acceptors (Lipinski definition) is 14. The predicted octanol–water partition coefficient (Wildman–Crippen LogP) is -1.39. The number of carbonyl (C=O) groups excluding carboxylic acids is 11. The monoisotopic (exact) mass is 1090 g/mol. The molecule has 0 saturated carbocycles. The minimum absolute atomic E-state index is 0.00191. The van der Waals surface area contributed by atoms with E-state index in [0.29, 0.717) is 11.1 Å². The first-order valence-electron chi connectivity index (χ1n) is 25.2. The number of primary amides is 1. The fraction of sp³-hybridized carbons (Fsp3) is 0.519. The highest BCUT2D eigenvalue weighted by molar-refractivity contribution is 5.99. The van der Waals surface area contributed by atoms with Gasteiger partial charge in [0.25, 0.3) is 0 Å². The lowest BCUT2D eigenvalue weighted by molar-refractivity contribution is -0.144. The van der Waals surface area contributed by atoms with Crippen LogP contribution in [-0.4, -0.2) is 142 Å². The van der Waals surface area contributed by atoms with Crippen molar-refractivity contribution in [2.24, 2.45) is 23.5 Å². The molecule has 2 rings (SSSR count). The molecule has 0 aliphatic rings. The SMILES string of the molecule is CC[C@H](C)[C@H](NC(=O)[C@@H](NC(=O)[C@H](Cc1ccccc1)NC(=O)CNC(=O)[C@H](C)NC(=O)[C@H](Cc1ccc(OC(C)=O)cc1)NC(C)=O)C(C)C)C(=O)N[C@@H](CC(N)=O)C(=O)N[C@@H](CC(=O)O)C(=O)N[C@@H](CC(C)C)C(=O)O. The van der Waals surface area contributed by atoms with E-state index < -0.39 is 157 Å². The van der Waals surface area contributed by atoms with Crippen molar-refractivity contribution >= 4 is 77.0 Å². The molecule has 0 spiro atoms. The van der Waals surface area contributed by atoms with Gasteiger partial charge in [-0.05, 0) is 54.4 Å². The summed E-state index contributed by atoms with van der Waals surface area (Å²) in [6.07, 6.45) is -1.76. The average molecular weight is 1100 g/mol. The van der Waals surface area contributed by atoms with Crippen molar-refractivity contribution < 1.29 is 77.3 Å². The Morgan fingerprint density at radius 3 is 1.53 bits per heavy atom. The summed E-state index contributed by atoms with van der Waals surface area (Å²) in [6, 6.07) is 3.00. The van der Waals surface area contributed by atoms with E-state index in [9.17, 15) is 72.5 Å². The molecule has 0 aliphatic heterocycles. The molecule has 26 nitrogen and oxygen atoms in total. The summed E-state index contributed by atoms with van der Waals surface area (Å²) in [4.78, 5) is 168. The summed E-state index contributed by atoms with van der Waals surface area (Å²) in [6.45, 7) is 12.9. The van der Waals surface area contributed by atoms with Crippen LogP contribution in [0.5, 0.6) is 5.75 Å². The fourth-order valence-corrected chi connectivity index (χ4v) is 7.58. The van der Waals surface area contributed by atoms with Crippen molar-refractivity contribution in [1.29, 1.82) is 0 Å². The topological polar surface area (TPSA) is 406 Å².